The molecule has 1 saturated carbocycles. The lowest BCUT2D eigenvalue weighted by Gasteiger charge is -2.52. The van der Waals surface area contributed by atoms with E-state index in [2.05, 4.69) is 15.4 Å². The van der Waals surface area contributed by atoms with Gasteiger partial charge in [-0.05, 0) is 56.8 Å². The van der Waals surface area contributed by atoms with Crippen LogP contribution in [-0.2, 0) is 0 Å². The molecule has 1 atom stereocenters. The molecule has 3 aliphatic heterocycles. The molecule has 1 aromatic heterocycles. The smallest absolute Gasteiger partial charge is 0.189 e. The van der Waals surface area contributed by atoms with Gasteiger partial charge in [0.2, 0.25) is 0 Å². The maximum atomic E-state index is 6.21. The van der Waals surface area contributed by atoms with Gasteiger partial charge in [-0.2, -0.15) is 0 Å². The third-order valence-corrected chi connectivity index (χ3v) is 6.59. The summed E-state index contributed by atoms with van der Waals surface area (Å²) in [6, 6.07) is 4.21. The number of nitrogens with zero attached hydrogens (tertiary/aromatic N) is 2. The molecule has 1 spiro atoms. The average Bonchev–Trinajstić information content (AvgIpc) is 3.21. The van der Waals surface area contributed by atoms with Crippen molar-refractivity contribution in [3.63, 3.8) is 0 Å². The SMILES string of the molecule is Cl.Clc1ccc2c(N[C@@H]3C4CCN(CC4)C34CC4)noc2c1Cl. The van der Waals surface area contributed by atoms with E-state index in [0.29, 0.717) is 27.2 Å². The number of halogens is 3. The van der Waals surface area contributed by atoms with Crippen molar-refractivity contribution in [3.05, 3.63) is 22.2 Å². The van der Waals surface area contributed by atoms with E-state index in [4.69, 9.17) is 27.7 Å². The van der Waals surface area contributed by atoms with E-state index in [0.717, 1.165) is 17.1 Å². The molecule has 1 aromatic carbocycles. The Kier molecular flexibility index (Phi) is 3.73. The zero-order valence-electron chi connectivity index (χ0n) is 12.5. The molecule has 4 heterocycles. The minimum Gasteiger partial charge on any atom is -0.362 e. The maximum Gasteiger partial charge on any atom is 0.189 e. The number of piperidine rings is 3. The number of anilines is 1. The molecule has 3 saturated heterocycles. The van der Waals surface area contributed by atoms with Crippen LogP contribution in [0.4, 0.5) is 5.82 Å². The van der Waals surface area contributed by atoms with Crippen LogP contribution in [0.2, 0.25) is 10.0 Å². The van der Waals surface area contributed by atoms with Crippen LogP contribution in [0.25, 0.3) is 11.0 Å². The van der Waals surface area contributed by atoms with Crippen LogP contribution in [0, 0.1) is 5.92 Å². The molecule has 0 unspecified atom stereocenters. The van der Waals surface area contributed by atoms with Crippen LogP contribution in [-0.4, -0.2) is 34.7 Å². The van der Waals surface area contributed by atoms with Gasteiger partial charge < -0.3 is 9.84 Å². The van der Waals surface area contributed by atoms with Crippen LogP contribution in [0.5, 0.6) is 0 Å². The minimum absolute atomic E-state index is 0. The Bertz CT molecular complexity index is 750. The number of hydrogen-bond acceptors (Lipinski definition) is 4. The summed E-state index contributed by atoms with van der Waals surface area (Å²) >= 11 is 12.3. The van der Waals surface area contributed by atoms with E-state index in [-0.39, 0.29) is 12.4 Å². The van der Waals surface area contributed by atoms with Gasteiger partial charge >= 0.3 is 0 Å². The van der Waals surface area contributed by atoms with Gasteiger partial charge in [-0.1, -0.05) is 28.4 Å². The summed E-state index contributed by atoms with van der Waals surface area (Å²) in [6.07, 6.45) is 5.15. The summed E-state index contributed by atoms with van der Waals surface area (Å²) in [7, 11) is 0. The molecule has 23 heavy (non-hydrogen) atoms. The molecule has 6 rings (SSSR count). The lowest BCUT2D eigenvalue weighted by Crippen LogP contribution is -2.62. The molecule has 7 heteroatoms. The minimum atomic E-state index is 0. The highest BCUT2D eigenvalue weighted by molar-refractivity contribution is 6.45. The first-order valence-corrected chi connectivity index (χ1v) is 8.70. The number of aromatic nitrogens is 1. The molecular formula is C16H18Cl3N3O. The van der Waals surface area contributed by atoms with Crippen molar-refractivity contribution in [2.45, 2.75) is 37.3 Å². The number of fused-ring (bicyclic) bond motifs is 3. The van der Waals surface area contributed by atoms with Crippen LogP contribution >= 0.6 is 35.6 Å². The van der Waals surface area contributed by atoms with E-state index < -0.39 is 0 Å². The molecule has 2 aromatic rings. The topological polar surface area (TPSA) is 41.3 Å². The van der Waals surface area contributed by atoms with Crippen molar-refractivity contribution in [2.24, 2.45) is 5.92 Å². The Hall–Kier alpha value is -0.680. The summed E-state index contributed by atoms with van der Waals surface area (Å²) in [6.45, 7) is 2.51. The third-order valence-electron chi connectivity index (χ3n) is 5.81. The molecule has 124 valence electrons. The zero-order valence-corrected chi connectivity index (χ0v) is 14.8. The third kappa shape index (κ3) is 2.19. The molecule has 4 fully saturated rings. The largest absolute Gasteiger partial charge is 0.362 e. The maximum absolute atomic E-state index is 6.21. The molecule has 2 bridgehead atoms. The first-order valence-electron chi connectivity index (χ1n) is 7.94. The summed E-state index contributed by atoms with van der Waals surface area (Å²) in [5.41, 5.74) is 0.936. The molecule has 0 radical (unpaired) electrons. The van der Waals surface area contributed by atoms with Gasteiger partial charge in [0.15, 0.2) is 11.4 Å². The second kappa shape index (κ2) is 5.41. The van der Waals surface area contributed by atoms with Crippen LogP contribution in [0.3, 0.4) is 0 Å². The lowest BCUT2D eigenvalue weighted by molar-refractivity contribution is 0.0202. The Morgan fingerprint density at radius 3 is 2.65 bits per heavy atom. The Morgan fingerprint density at radius 2 is 1.96 bits per heavy atom. The van der Waals surface area contributed by atoms with E-state index in [1.807, 2.05) is 6.07 Å². The predicted molar refractivity (Wildman–Crippen MR) is 94.9 cm³/mol. The fourth-order valence-corrected chi connectivity index (χ4v) is 4.87. The van der Waals surface area contributed by atoms with Crippen LogP contribution in [0.15, 0.2) is 16.7 Å². The van der Waals surface area contributed by atoms with Crippen LogP contribution < -0.4 is 5.32 Å². The number of rotatable bonds is 2. The fourth-order valence-electron chi connectivity index (χ4n) is 4.52. The summed E-state index contributed by atoms with van der Waals surface area (Å²) in [5.74, 6) is 1.54. The summed E-state index contributed by atoms with van der Waals surface area (Å²) < 4.78 is 5.43. The van der Waals surface area contributed by atoms with E-state index in [1.54, 1.807) is 6.07 Å². The molecule has 1 N–H and O–H groups in total. The first-order chi connectivity index (χ1) is 10.7. The molecular weight excluding hydrogens is 357 g/mol. The standard InChI is InChI=1S/C16H17Cl2N3O.ClH/c17-11-2-1-10-13(12(11)18)22-20-15(10)19-14-9-3-7-21(8-4-9)16(14)5-6-16;/h1-2,9,14H,3-8H2,(H,19,20);1H/t14-;/m1./s1. The normalized spacial score (nSPS) is 30.4. The summed E-state index contributed by atoms with van der Waals surface area (Å²) in [4.78, 5) is 2.68. The molecule has 1 aliphatic carbocycles. The second-order valence-corrected chi connectivity index (χ2v) is 7.60. The van der Waals surface area contributed by atoms with Gasteiger partial charge in [0.1, 0.15) is 5.02 Å². The van der Waals surface area contributed by atoms with Crippen molar-refractivity contribution >= 4 is 52.4 Å². The molecule has 4 aliphatic rings. The van der Waals surface area contributed by atoms with Gasteiger partial charge in [-0.15, -0.1) is 12.4 Å². The fraction of sp³-hybridized carbons (Fsp3) is 0.562. The zero-order chi connectivity index (χ0) is 14.9. The van der Waals surface area contributed by atoms with Crippen LogP contribution in [0.1, 0.15) is 25.7 Å². The predicted octanol–water partition coefficient (Wildman–Crippen LogP) is 4.60. The van der Waals surface area contributed by atoms with Crippen molar-refractivity contribution in [1.82, 2.24) is 10.1 Å². The molecule has 4 nitrogen and oxygen atoms in total. The van der Waals surface area contributed by atoms with Gasteiger partial charge in [-0.25, -0.2) is 0 Å². The highest BCUT2D eigenvalue weighted by Crippen LogP contribution is 2.54. The lowest BCUT2D eigenvalue weighted by atomic mass is 9.77. The second-order valence-electron chi connectivity index (χ2n) is 6.82. The first kappa shape index (κ1) is 15.8. The van der Waals surface area contributed by atoms with Crippen molar-refractivity contribution < 1.29 is 4.52 Å². The van der Waals surface area contributed by atoms with Crippen molar-refractivity contribution in [1.29, 1.82) is 0 Å². The average molecular weight is 375 g/mol. The Morgan fingerprint density at radius 1 is 1.22 bits per heavy atom. The van der Waals surface area contributed by atoms with E-state index in [9.17, 15) is 0 Å². The highest BCUT2D eigenvalue weighted by Gasteiger charge is 2.60. The van der Waals surface area contributed by atoms with Gasteiger partial charge in [0.25, 0.3) is 0 Å². The molecule has 0 amide bonds. The van der Waals surface area contributed by atoms with Gasteiger partial charge in [-0.3, -0.25) is 4.90 Å². The van der Waals surface area contributed by atoms with Crippen molar-refractivity contribution in [2.75, 3.05) is 18.4 Å². The quantitative estimate of drug-likeness (QED) is 0.834. The number of nitrogens with one attached hydrogen (secondary N) is 1. The Labute approximate surface area is 150 Å². The number of hydrogen-bond donors (Lipinski definition) is 1. The summed E-state index contributed by atoms with van der Waals surface area (Å²) in [5, 5.41) is 9.76. The highest BCUT2D eigenvalue weighted by atomic mass is 35.5. The monoisotopic (exact) mass is 373 g/mol. The van der Waals surface area contributed by atoms with Gasteiger partial charge in [0.05, 0.1) is 10.4 Å². The van der Waals surface area contributed by atoms with Gasteiger partial charge in [0, 0.05) is 11.6 Å². The Balaban J connectivity index is 0.00000135. The van der Waals surface area contributed by atoms with E-state index >= 15 is 0 Å². The van der Waals surface area contributed by atoms with E-state index in [1.165, 1.54) is 38.8 Å². The van der Waals surface area contributed by atoms with Crippen molar-refractivity contribution in [3.8, 4) is 0 Å². The number of benzene rings is 1.